The molecule has 23 heavy (non-hydrogen) atoms. The van der Waals surface area contributed by atoms with Gasteiger partial charge in [-0.05, 0) is 25.2 Å². The Morgan fingerprint density at radius 2 is 1.78 bits per heavy atom. The van der Waals surface area contributed by atoms with Crippen LogP contribution < -0.4 is 16.4 Å². The molecule has 0 radical (unpaired) electrons. The first-order valence-electron chi connectivity index (χ1n) is 9.07. The van der Waals surface area contributed by atoms with Crippen molar-refractivity contribution in [2.24, 2.45) is 11.7 Å². The molecule has 0 aromatic rings. The number of carbonyl (C=O) groups is 2. The molecule has 6 nitrogen and oxygen atoms in total. The topological polar surface area (TPSA) is 87.5 Å². The fourth-order valence-electron chi connectivity index (χ4n) is 3.71. The summed E-state index contributed by atoms with van der Waals surface area (Å²) < 4.78 is 0. The fourth-order valence-corrected chi connectivity index (χ4v) is 3.71. The van der Waals surface area contributed by atoms with Gasteiger partial charge in [0.05, 0.1) is 12.6 Å². The molecule has 6 heteroatoms. The molecular weight excluding hydrogens is 292 g/mol. The van der Waals surface area contributed by atoms with Crippen LogP contribution in [0.5, 0.6) is 0 Å². The lowest BCUT2D eigenvalue weighted by Gasteiger charge is -2.32. The van der Waals surface area contributed by atoms with E-state index in [-0.39, 0.29) is 23.9 Å². The molecule has 1 aliphatic heterocycles. The van der Waals surface area contributed by atoms with Crippen LogP contribution in [0.15, 0.2) is 0 Å². The number of piperidine rings is 1. The van der Waals surface area contributed by atoms with Crippen LogP contribution in [0.4, 0.5) is 0 Å². The summed E-state index contributed by atoms with van der Waals surface area (Å²) in [5, 5.41) is 5.75. The number of amides is 2. The van der Waals surface area contributed by atoms with Crippen molar-refractivity contribution in [2.45, 2.75) is 63.5 Å². The van der Waals surface area contributed by atoms with Gasteiger partial charge in [-0.15, -0.1) is 0 Å². The molecule has 0 aromatic heterocycles. The van der Waals surface area contributed by atoms with Gasteiger partial charge in [0, 0.05) is 26.2 Å². The summed E-state index contributed by atoms with van der Waals surface area (Å²) in [5.41, 5.74) is 6.10. The highest BCUT2D eigenvalue weighted by Gasteiger charge is 2.25. The zero-order valence-corrected chi connectivity index (χ0v) is 14.4. The van der Waals surface area contributed by atoms with Crippen molar-refractivity contribution in [1.29, 1.82) is 0 Å². The quantitative estimate of drug-likeness (QED) is 0.668. The Morgan fingerprint density at radius 1 is 1.13 bits per heavy atom. The average Bonchev–Trinajstić information content (AvgIpc) is 2.57. The van der Waals surface area contributed by atoms with E-state index in [2.05, 4.69) is 15.5 Å². The summed E-state index contributed by atoms with van der Waals surface area (Å²) in [5.74, 6) is 0.668. The first kappa shape index (κ1) is 18.2. The zero-order chi connectivity index (χ0) is 16.7. The van der Waals surface area contributed by atoms with E-state index in [0.717, 1.165) is 32.4 Å². The predicted octanol–water partition coefficient (Wildman–Crippen LogP) is 0.611. The summed E-state index contributed by atoms with van der Waals surface area (Å²) in [6, 6.07) is -0.178. The Morgan fingerprint density at radius 3 is 2.39 bits per heavy atom. The maximum atomic E-state index is 12.3. The lowest BCUT2D eigenvalue weighted by molar-refractivity contribution is -0.125. The molecular formula is C17H32N4O2. The zero-order valence-electron chi connectivity index (χ0n) is 14.4. The van der Waals surface area contributed by atoms with E-state index in [1.807, 2.05) is 0 Å². The Balaban J connectivity index is 1.66. The molecule has 2 aliphatic rings. The van der Waals surface area contributed by atoms with E-state index >= 15 is 0 Å². The molecule has 1 saturated carbocycles. The molecule has 1 saturated heterocycles. The van der Waals surface area contributed by atoms with E-state index < -0.39 is 0 Å². The van der Waals surface area contributed by atoms with Crippen molar-refractivity contribution in [3.05, 3.63) is 0 Å². The van der Waals surface area contributed by atoms with Crippen molar-refractivity contribution >= 4 is 11.8 Å². The van der Waals surface area contributed by atoms with Crippen molar-refractivity contribution in [3.8, 4) is 0 Å². The highest BCUT2D eigenvalue weighted by atomic mass is 16.2. The Hall–Kier alpha value is -1.14. The van der Waals surface area contributed by atoms with E-state index in [9.17, 15) is 9.59 Å². The minimum Gasteiger partial charge on any atom is -0.358 e. The van der Waals surface area contributed by atoms with Crippen LogP contribution in [0.1, 0.15) is 51.4 Å². The largest absolute Gasteiger partial charge is 0.358 e. The number of nitrogens with two attached hydrogens (primary N) is 1. The Bertz CT molecular complexity index is 388. The van der Waals surface area contributed by atoms with E-state index in [4.69, 9.17) is 5.73 Å². The third-order valence-electron chi connectivity index (χ3n) is 5.23. The highest BCUT2D eigenvalue weighted by Crippen LogP contribution is 2.27. The minimum absolute atomic E-state index is 0.000301. The van der Waals surface area contributed by atoms with E-state index in [0.29, 0.717) is 12.5 Å². The van der Waals surface area contributed by atoms with Crippen LogP contribution in [0.3, 0.4) is 0 Å². The standard InChI is InChI=1S/C17H32N4O2/c1-19-16(22)12-21-9-7-14(8-10-21)20-17(23)15(18)11-13-5-3-2-4-6-13/h13-15H,2-12,18H2,1H3,(H,19,22)(H,20,23). The number of likely N-dealkylation sites (N-methyl/N-ethyl adjacent to an activating group) is 1. The van der Waals surface area contributed by atoms with Crippen molar-refractivity contribution in [2.75, 3.05) is 26.7 Å². The van der Waals surface area contributed by atoms with Gasteiger partial charge in [0.15, 0.2) is 0 Å². The lowest BCUT2D eigenvalue weighted by Crippen LogP contribution is -2.51. The molecule has 1 atom stereocenters. The average molecular weight is 324 g/mol. The van der Waals surface area contributed by atoms with Crippen molar-refractivity contribution in [1.82, 2.24) is 15.5 Å². The van der Waals surface area contributed by atoms with Crippen LogP contribution in [0.25, 0.3) is 0 Å². The number of hydrogen-bond acceptors (Lipinski definition) is 4. The maximum Gasteiger partial charge on any atom is 0.237 e. The molecule has 2 fully saturated rings. The SMILES string of the molecule is CNC(=O)CN1CCC(NC(=O)C(N)CC2CCCCC2)CC1. The first-order chi connectivity index (χ1) is 11.1. The molecule has 0 aromatic carbocycles. The highest BCUT2D eigenvalue weighted by molar-refractivity contribution is 5.81. The van der Waals surface area contributed by atoms with Gasteiger partial charge >= 0.3 is 0 Å². The number of likely N-dealkylation sites (tertiary alicyclic amines) is 1. The minimum atomic E-state index is -0.373. The molecule has 1 heterocycles. The second-order valence-electron chi connectivity index (χ2n) is 7.08. The smallest absolute Gasteiger partial charge is 0.237 e. The summed E-state index contributed by atoms with van der Waals surface area (Å²) >= 11 is 0. The molecule has 132 valence electrons. The molecule has 4 N–H and O–H groups in total. The van der Waals surface area contributed by atoms with Crippen molar-refractivity contribution in [3.63, 3.8) is 0 Å². The molecule has 2 amide bonds. The van der Waals surface area contributed by atoms with Gasteiger partial charge in [0.2, 0.25) is 11.8 Å². The maximum absolute atomic E-state index is 12.3. The van der Waals surface area contributed by atoms with E-state index in [1.54, 1.807) is 7.05 Å². The number of hydrogen-bond donors (Lipinski definition) is 3. The fraction of sp³-hybridized carbons (Fsp3) is 0.882. The van der Waals surface area contributed by atoms with Gasteiger partial charge < -0.3 is 16.4 Å². The second-order valence-corrected chi connectivity index (χ2v) is 7.08. The first-order valence-corrected chi connectivity index (χ1v) is 9.07. The molecule has 0 bridgehead atoms. The Kier molecular flexibility index (Phi) is 7.30. The molecule has 2 rings (SSSR count). The van der Waals surface area contributed by atoms with Crippen LogP contribution in [0.2, 0.25) is 0 Å². The number of rotatable bonds is 6. The van der Waals surface area contributed by atoms with E-state index in [1.165, 1.54) is 32.1 Å². The summed E-state index contributed by atoms with van der Waals surface area (Å²) in [6.07, 6.45) is 8.93. The molecule has 1 aliphatic carbocycles. The monoisotopic (exact) mass is 324 g/mol. The third kappa shape index (κ3) is 6.11. The summed E-state index contributed by atoms with van der Waals surface area (Å²) in [4.78, 5) is 25.8. The van der Waals surface area contributed by atoms with Gasteiger partial charge in [-0.1, -0.05) is 32.1 Å². The lowest BCUT2D eigenvalue weighted by atomic mass is 9.85. The van der Waals surface area contributed by atoms with Gasteiger partial charge in [0.1, 0.15) is 0 Å². The number of nitrogens with zero attached hydrogens (tertiary/aromatic N) is 1. The van der Waals surface area contributed by atoms with Crippen LogP contribution in [-0.2, 0) is 9.59 Å². The molecule has 1 unspecified atom stereocenters. The summed E-state index contributed by atoms with van der Waals surface area (Å²) in [7, 11) is 1.66. The third-order valence-corrected chi connectivity index (χ3v) is 5.23. The number of nitrogens with one attached hydrogen (secondary N) is 2. The number of carbonyl (C=O) groups excluding carboxylic acids is 2. The normalized spacial score (nSPS) is 22.5. The Labute approximate surface area is 139 Å². The van der Waals surface area contributed by atoms with Gasteiger partial charge in [0.25, 0.3) is 0 Å². The van der Waals surface area contributed by atoms with Gasteiger partial charge in [-0.25, -0.2) is 0 Å². The molecule has 0 spiro atoms. The second kappa shape index (κ2) is 9.23. The van der Waals surface area contributed by atoms with Gasteiger partial charge in [-0.3, -0.25) is 14.5 Å². The predicted molar refractivity (Wildman–Crippen MR) is 90.8 cm³/mol. The van der Waals surface area contributed by atoms with Crippen LogP contribution in [0, 0.1) is 5.92 Å². The van der Waals surface area contributed by atoms with Crippen molar-refractivity contribution < 1.29 is 9.59 Å². The van der Waals surface area contributed by atoms with Crippen LogP contribution >= 0.6 is 0 Å². The summed E-state index contributed by atoms with van der Waals surface area (Å²) in [6.45, 7) is 2.13. The van der Waals surface area contributed by atoms with Crippen LogP contribution in [-0.4, -0.2) is 55.5 Å². The van der Waals surface area contributed by atoms with Gasteiger partial charge in [-0.2, -0.15) is 0 Å².